The molecule has 0 heterocycles. The molecular formula is C68H32F12. The van der Waals surface area contributed by atoms with Gasteiger partial charge in [-0.15, -0.1) is 0 Å². The van der Waals surface area contributed by atoms with Crippen molar-refractivity contribution in [1.29, 1.82) is 0 Å². The van der Waals surface area contributed by atoms with E-state index in [-0.39, 0.29) is 22.3 Å². The van der Waals surface area contributed by atoms with Crippen molar-refractivity contribution < 1.29 is 52.7 Å². The molecule has 0 atom stereocenters. The van der Waals surface area contributed by atoms with Crippen molar-refractivity contribution in [2.24, 2.45) is 0 Å². The average Bonchev–Trinajstić information content (AvgIpc) is 2.00. The van der Waals surface area contributed by atoms with Crippen LogP contribution in [0.15, 0.2) is 194 Å². The summed E-state index contributed by atoms with van der Waals surface area (Å²) in [4.78, 5) is 0. The molecule has 12 heteroatoms. The lowest BCUT2D eigenvalue weighted by molar-refractivity contribution is -0.138. The zero-order valence-corrected chi connectivity index (χ0v) is 41.0. The number of hydrogen-bond donors (Lipinski definition) is 0. The molecule has 0 amide bonds. The third-order valence-electron chi connectivity index (χ3n) is 16.3. The van der Waals surface area contributed by atoms with Gasteiger partial charge in [0, 0.05) is 0 Å². The van der Waals surface area contributed by atoms with Crippen LogP contribution in [-0.4, -0.2) is 0 Å². The van der Waals surface area contributed by atoms with E-state index in [2.05, 4.69) is 0 Å². The van der Waals surface area contributed by atoms with E-state index in [1.165, 1.54) is 24.3 Å². The standard InChI is InChI=1S/C68H32F12/c69-65(70,71)37-13-5-9-33(29-37)53-41-17-1-2-18-42(41)54(34-10-6-14-38(30-34)66(72,73)74)62-50-26-22-46-48-24-28-52-60-51(27-23-47(58(48)60)45-21-25-49(61(53)62)59(50)57(45)46)63-55(35-11-7-15-39(31-35)67(75,76)77)43-19-3-4-20-44(43)56(64(52)63)36-12-8-16-40(32-36)68(78,79)80/h1-32H. The second-order valence-corrected chi connectivity index (χ2v) is 20.5. The van der Waals surface area contributed by atoms with Crippen molar-refractivity contribution in [1.82, 2.24) is 0 Å². The Morgan fingerprint density at radius 1 is 0.188 bits per heavy atom. The van der Waals surface area contributed by atoms with Crippen molar-refractivity contribution in [3.8, 4) is 89.0 Å². The minimum Gasteiger partial charge on any atom is -0.166 e. The van der Waals surface area contributed by atoms with Crippen LogP contribution in [0, 0.1) is 0 Å². The molecule has 0 fully saturated rings. The Balaban J connectivity index is 1.06. The van der Waals surface area contributed by atoms with E-state index < -0.39 is 47.0 Å². The molecule has 15 rings (SSSR count). The van der Waals surface area contributed by atoms with Gasteiger partial charge in [-0.25, -0.2) is 0 Å². The molecule has 0 aromatic heterocycles. The Labute approximate surface area is 445 Å². The molecule has 80 heavy (non-hydrogen) atoms. The molecule has 0 unspecified atom stereocenters. The minimum atomic E-state index is -4.69. The van der Waals surface area contributed by atoms with Crippen LogP contribution < -0.4 is 0 Å². The van der Waals surface area contributed by atoms with Crippen LogP contribution in [0.4, 0.5) is 52.7 Å². The molecule has 0 saturated heterocycles. The van der Waals surface area contributed by atoms with Gasteiger partial charge in [-0.2, -0.15) is 52.7 Å². The van der Waals surface area contributed by atoms with Crippen LogP contribution in [0.25, 0.3) is 154 Å². The third kappa shape index (κ3) is 6.74. The highest BCUT2D eigenvalue weighted by atomic mass is 19.4. The summed E-state index contributed by atoms with van der Waals surface area (Å²) in [7, 11) is 0. The summed E-state index contributed by atoms with van der Waals surface area (Å²) in [6.07, 6.45) is -18.8. The maximum absolute atomic E-state index is 14.6. The lowest BCUT2D eigenvalue weighted by Crippen LogP contribution is -2.05. The molecule has 0 aliphatic heterocycles. The van der Waals surface area contributed by atoms with E-state index in [0.29, 0.717) is 88.3 Å². The summed E-state index contributed by atoms with van der Waals surface area (Å²) in [5.74, 6) is 0. The van der Waals surface area contributed by atoms with Crippen molar-refractivity contribution in [2.75, 3.05) is 0 Å². The predicted molar refractivity (Wildman–Crippen MR) is 293 cm³/mol. The first-order valence-corrected chi connectivity index (χ1v) is 25.4. The Kier molecular flexibility index (Phi) is 9.73. The topological polar surface area (TPSA) is 0 Å². The Bertz CT molecular complexity index is 4270. The Morgan fingerprint density at radius 2 is 0.412 bits per heavy atom. The number of hydrogen-bond acceptors (Lipinski definition) is 0. The van der Waals surface area contributed by atoms with Gasteiger partial charge in [-0.3, -0.25) is 0 Å². The molecule has 13 aromatic rings. The van der Waals surface area contributed by atoms with Crippen LogP contribution in [0.3, 0.4) is 0 Å². The molecular weight excluding hydrogens is 1040 g/mol. The van der Waals surface area contributed by atoms with Crippen LogP contribution in [-0.2, 0) is 24.7 Å². The zero-order valence-electron chi connectivity index (χ0n) is 41.0. The van der Waals surface area contributed by atoms with Crippen LogP contribution in [0.2, 0.25) is 0 Å². The summed E-state index contributed by atoms with van der Waals surface area (Å²) >= 11 is 0. The molecule has 0 spiro atoms. The fourth-order valence-electron chi connectivity index (χ4n) is 13.3. The highest BCUT2D eigenvalue weighted by Gasteiger charge is 2.39. The zero-order chi connectivity index (χ0) is 55.1. The summed E-state index contributed by atoms with van der Waals surface area (Å²) in [6, 6.07) is 49.7. The molecule has 2 aliphatic rings. The van der Waals surface area contributed by atoms with Gasteiger partial charge in [-0.05, 0) is 202 Å². The Hall–Kier alpha value is -9.16. The maximum Gasteiger partial charge on any atom is 0.416 e. The predicted octanol–water partition coefficient (Wildman–Crippen LogP) is 22.1. The van der Waals surface area contributed by atoms with Crippen molar-refractivity contribution >= 4 is 64.6 Å². The molecule has 0 saturated carbocycles. The average molecular weight is 1080 g/mol. The normalized spacial score (nSPS) is 13.2. The van der Waals surface area contributed by atoms with Crippen LogP contribution in [0.1, 0.15) is 22.3 Å². The molecule has 388 valence electrons. The lowest BCUT2D eigenvalue weighted by Gasteiger charge is -2.21. The van der Waals surface area contributed by atoms with Gasteiger partial charge in [-0.1, -0.05) is 146 Å². The number of alkyl halides is 12. The SMILES string of the molecule is FC(F)(F)c1cccc(-c2c3c(c(-c4cccc(C(F)(F)F)c4)c4ccccc24)-c2ccc4c5ccc6c7c(ccc(c8ccc-3c2c84)c75)-c2c-6c(-c3cccc(C(F)(F)F)c3)c3ccccc3c2-c2cccc(C(F)(F)F)c2)c1. The summed E-state index contributed by atoms with van der Waals surface area (Å²) < 4.78 is 175. The van der Waals surface area contributed by atoms with E-state index in [1.54, 1.807) is 72.8 Å². The van der Waals surface area contributed by atoms with Gasteiger partial charge in [0.15, 0.2) is 0 Å². The smallest absolute Gasteiger partial charge is 0.166 e. The van der Waals surface area contributed by atoms with Crippen LogP contribution in [0.5, 0.6) is 0 Å². The molecule has 0 N–H and O–H groups in total. The van der Waals surface area contributed by atoms with Crippen molar-refractivity contribution in [3.05, 3.63) is 216 Å². The first-order valence-electron chi connectivity index (χ1n) is 25.4. The fourth-order valence-corrected chi connectivity index (χ4v) is 13.3. The number of rotatable bonds is 4. The largest absolute Gasteiger partial charge is 0.416 e. The van der Waals surface area contributed by atoms with Gasteiger partial charge in [0.25, 0.3) is 0 Å². The van der Waals surface area contributed by atoms with Crippen molar-refractivity contribution in [3.63, 3.8) is 0 Å². The number of benzene rings is 13. The number of halogens is 12. The maximum atomic E-state index is 14.6. The number of fused-ring (bicyclic) bond motifs is 10. The molecule has 0 nitrogen and oxygen atoms in total. The van der Waals surface area contributed by atoms with E-state index in [9.17, 15) is 52.7 Å². The molecule has 0 radical (unpaired) electrons. The first kappa shape index (κ1) is 48.0. The summed E-state index contributed by atoms with van der Waals surface area (Å²) in [5.41, 5.74) is 4.31. The quantitative estimate of drug-likeness (QED) is 0.0936. The van der Waals surface area contributed by atoms with Gasteiger partial charge < -0.3 is 0 Å². The molecule has 13 aromatic carbocycles. The van der Waals surface area contributed by atoms with Gasteiger partial charge in [0.1, 0.15) is 0 Å². The van der Waals surface area contributed by atoms with E-state index in [0.717, 1.165) is 91.6 Å². The second kappa shape index (κ2) is 16.2. The summed E-state index contributed by atoms with van der Waals surface area (Å²) in [6.45, 7) is 0. The fraction of sp³-hybridized carbons (Fsp3) is 0.0588. The highest BCUT2D eigenvalue weighted by molar-refractivity contribution is 6.42. The van der Waals surface area contributed by atoms with Crippen LogP contribution >= 0.6 is 0 Å². The highest BCUT2D eigenvalue weighted by Crippen LogP contribution is 2.63. The summed E-state index contributed by atoms with van der Waals surface area (Å²) in [5, 5.41) is 8.27. The Morgan fingerprint density at radius 3 is 0.625 bits per heavy atom. The first-order chi connectivity index (χ1) is 38.3. The second-order valence-electron chi connectivity index (χ2n) is 20.5. The third-order valence-corrected chi connectivity index (χ3v) is 16.3. The van der Waals surface area contributed by atoms with Gasteiger partial charge in [0.05, 0.1) is 22.3 Å². The minimum absolute atomic E-state index is 0.259. The van der Waals surface area contributed by atoms with E-state index in [4.69, 9.17) is 0 Å². The molecule has 2 aliphatic carbocycles. The molecule has 0 bridgehead atoms. The van der Waals surface area contributed by atoms with Gasteiger partial charge in [0.2, 0.25) is 0 Å². The monoisotopic (exact) mass is 1080 g/mol. The van der Waals surface area contributed by atoms with Crippen molar-refractivity contribution in [2.45, 2.75) is 24.7 Å². The lowest BCUT2D eigenvalue weighted by atomic mass is 9.82. The van der Waals surface area contributed by atoms with E-state index in [1.807, 2.05) is 48.5 Å². The van der Waals surface area contributed by atoms with Gasteiger partial charge >= 0.3 is 24.7 Å². The van der Waals surface area contributed by atoms with E-state index >= 15 is 0 Å².